The maximum atomic E-state index is 11.0. The Bertz CT molecular complexity index is 319. The molecule has 1 rings (SSSR count). The fourth-order valence-electron chi connectivity index (χ4n) is 0.946. The quantitative estimate of drug-likeness (QED) is 0.497. The molecule has 1 heterocycles. The van der Waals surface area contributed by atoms with E-state index in [2.05, 4.69) is 0 Å². The molecule has 0 bridgehead atoms. The first-order valence-corrected chi connectivity index (χ1v) is 10.3. The van der Waals surface area contributed by atoms with Crippen LogP contribution >= 0.6 is 0 Å². The van der Waals surface area contributed by atoms with Crippen molar-refractivity contribution in [2.24, 2.45) is 0 Å². The second-order valence-electron chi connectivity index (χ2n) is 2.48. The van der Waals surface area contributed by atoms with Crippen LogP contribution < -0.4 is 2.21 Å². The third-order valence-corrected chi connectivity index (χ3v) is 12.5. The zero-order chi connectivity index (χ0) is 11.3. The van der Waals surface area contributed by atoms with Crippen molar-refractivity contribution in [3.63, 3.8) is 0 Å². The van der Waals surface area contributed by atoms with E-state index >= 15 is 0 Å². The first-order valence-electron chi connectivity index (χ1n) is 4.44. The van der Waals surface area contributed by atoms with Crippen molar-refractivity contribution in [2.45, 2.75) is 20.1 Å². The number of hydrogen-bond donors (Lipinski definition) is 1. The third kappa shape index (κ3) is 4.31. The Morgan fingerprint density at radius 1 is 1.53 bits per heavy atom. The third-order valence-electron chi connectivity index (χ3n) is 1.48. The summed E-state index contributed by atoms with van der Waals surface area (Å²) in [5, 5.41) is 0. The van der Waals surface area contributed by atoms with E-state index in [1.165, 1.54) is 0 Å². The van der Waals surface area contributed by atoms with Gasteiger partial charge in [0, 0.05) is 0 Å². The van der Waals surface area contributed by atoms with Gasteiger partial charge in [-0.05, 0) is 0 Å². The average Bonchev–Trinajstić information content (AvgIpc) is 2.66. The summed E-state index contributed by atoms with van der Waals surface area (Å²) in [5.41, 5.74) is 0. The Labute approximate surface area is 105 Å². The Morgan fingerprint density at radius 2 is 2.13 bits per heavy atom. The summed E-state index contributed by atoms with van der Waals surface area (Å²) >= 11 is -2.59. The van der Waals surface area contributed by atoms with Gasteiger partial charge in [0.05, 0.1) is 0 Å². The molecule has 0 aliphatic heterocycles. The molecular formula is C8H13O4Se3+. The van der Waals surface area contributed by atoms with Gasteiger partial charge < -0.3 is 0 Å². The molecule has 0 saturated heterocycles. The molecule has 1 aromatic heterocycles. The summed E-state index contributed by atoms with van der Waals surface area (Å²) in [6.07, 6.45) is -0.301. The Hall–Kier alpha value is 0.848. The van der Waals surface area contributed by atoms with Gasteiger partial charge in [-0.2, -0.15) is 0 Å². The van der Waals surface area contributed by atoms with Crippen LogP contribution in [-0.4, -0.2) is 60.6 Å². The van der Waals surface area contributed by atoms with Crippen molar-refractivity contribution >= 4 is 45.4 Å². The summed E-state index contributed by atoms with van der Waals surface area (Å²) in [5.74, 6) is 0. The van der Waals surface area contributed by atoms with Gasteiger partial charge in [0.15, 0.2) is 0 Å². The molecule has 0 radical (unpaired) electrons. The predicted molar refractivity (Wildman–Crippen MR) is 59.0 cm³/mol. The predicted octanol–water partition coefficient (Wildman–Crippen LogP) is -0.729. The monoisotopic (exact) mass is 413 g/mol. The minimum atomic E-state index is -2.66. The van der Waals surface area contributed by atoms with Gasteiger partial charge in [-0.1, -0.05) is 0 Å². The summed E-state index contributed by atoms with van der Waals surface area (Å²) < 4.78 is 32.8. The molecule has 1 atom stereocenters. The molecule has 1 N–H and O–H groups in total. The van der Waals surface area contributed by atoms with Crippen molar-refractivity contribution in [3.8, 4) is 0 Å². The number of hydrogen-bond acceptors (Lipinski definition) is 3. The van der Waals surface area contributed by atoms with Crippen LogP contribution in [0.1, 0.15) is 24.6 Å². The van der Waals surface area contributed by atoms with Gasteiger partial charge >= 0.3 is 106 Å². The van der Waals surface area contributed by atoms with Crippen molar-refractivity contribution in [1.82, 2.24) is 0 Å². The molecular weight excluding hydrogens is 397 g/mol. The topological polar surface area (TPSA) is 55.8 Å². The molecule has 0 aliphatic carbocycles. The molecule has 0 spiro atoms. The van der Waals surface area contributed by atoms with E-state index < -0.39 is 14.2 Å². The number of ether oxygens (including phenoxy) is 2. The molecule has 1 unspecified atom stereocenters. The van der Waals surface area contributed by atoms with Crippen LogP contribution in [0, 0.1) is 0 Å². The van der Waals surface area contributed by atoms with E-state index in [0.29, 0.717) is 13.2 Å². The molecule has 86 valence electrons. The summed E-state index contributed by atoms with van der Waals surface area (Å²) in [6, 6.07) is 0. The maximum absolute atomic E-state index is 11.0. The molecule has 0 fully saturated rings. The molecule has 15 heavy (non-hydrogen) atoms. The summed E-state index contributed by atoms with van der Waals surface area (Å²) in [4.78, 5) is 2.03. The molecule has 7 heteroatoms. The van der Waals surface area contributed by atoms with Crippen LogP contribution in [0.3, 0.4) is 0 Å². The van der Waals surface area contributed by atoms with Gasteiger partial charge in [0.25, 0.3) is 0 Å². The van der Waals surface area contributed by atoms with E-state index in [-0.39, 0.29) is 35.3 Å². The Morgan fingerprint density at radius 3 is 2.53 bits per heavy atom. The Balaban J connectivity index is 2.76. The van der Waals surface area contributed by atoms with E-state index in [1.807, 2.05) is 18.8 Å². The van der Waals surface area contributed by atoms with Gasteiger partial charge in [-0.25, -0.2) is 0 Å². The van der Waals surface area contributed by atoms with E-state index in [9.17, 15) is 3.83 Å². The van der Waals surface area contributed by atoms with Crippen molar-refractivity contribution in [3.05, 3.63) is 9.38 Å². The van der Waals surface area contributed by atoms with Crippen LogP contribution in [0.25, 0.3) is 0 Å². The van der Waals surface area contributed by atoms with Crippen molar-refractivity contribution < 1.29 is 17.5 Å². The standard InChI is InChI=1S/C8H12O4Se3/c1-3-11-7(12-4-2)6-5-13-8(14-6)15(9)10/h5,7H,3-4H2,1-2H3/p+1. The summed E-state index contributed by atoms with van der Waals surface area (Å²) in [7, 11) is 0. The number of rotatable bonds is 6. The summed E-state index contributed by atoms with van der Waals surface area (Å²) in [6.45, 7) is 5.02. The minimum absolute atomic E-state index is 0.00380. The van der Waals surface area contributed by atoms with Crippen molar-refractivity contribution in [1.29, 1.82) is 0 Å². The van der Waals surface area contributed by atoms with Crippen LogP contribution in [-0.2, 0) is 13.3 Å². The Kier molecular flexibility index (Phi) is 6.70. The van der Waals surface area contributed by atoms with Gasteiger partial charge in [-0.3, -0.25) is 0 Å². The van der Waals surface area contributed by atoms with E-state index in [4.69, 9.17) is 13.7 Å². The first-order chi connectivity index (χ1) is 7.19. The first kappa shape index (κ1) is 13.9. The fourth-order valence-corrected chi connectivity index (χ4v) is 9.44. The molecule has 0 saturated carbocycles. The average molecular weight is 410 g/mol. The van der Waals surface area contributed by atoms with Gasteiger partial charge in [0.2, 0.25) is 0 Å². The van der Waals surface area contributed by atoms with Gasteiger partial charge in [-0.15, -0.1) is 0 Å². The second kappa shape index (κ2) is 7.23. The van der Waals surface area contributed by atoms with Crippen molar-refractivity contribution in [2.75, 3.05) is 13.2 Å². The van der Waals surface area contributed by atoms with Gasteiger partial charge in [0.1, 0.15) is 0 Å². The second-order valence-corrected chi connectivity index (χ2v) is 12.4. The van der Waals surface area contributed by atoms with Crippen LogP contribution in [0.4, 0.5) is 0 Å². The molecule has 4 nitrogen and oxygen atoms in total. The van der Waals surface area contributed by atoms with Crippen LogP contribution in [0.15, 0.2) is 4.94 Å². The van der Waals surface area contributed by atoms with E-state index in [0.717, 1.165) is 6.65 Å². The van der Waals surface area contributed by atoms with Crippen LogP contribution in [0.2, 0.25) is 0 Å². The fraction of sp³-hybridized carbons (Fsp3) is 0.625. The molecule has 0 amide bonds. The van der Waals surface area contributed by atoms with E-state index in [1.54, 1.807) is 0 Å². The molecule has 0 aliphatic rings. The van der Waals surface area contributed by atoms with Crippen LogP contribution in [0.5, 0.6) is 0 Å². The zero-order valence-electron chi connectivity index (χ0n) is 8.47. The normalized spacial score (nSPS) is 13.3. The SMILES string of the molecule is CCOC(OCC)c1c[se+]c([Se](=O)O)[se]1. The molecule has 0 aromatic carbocycles. The zero-order valence-corrected chi connectivity index (χ0v) is 13.6. The molecule has 1 aromatic rings.